The molecule has 1 fully saturated rings. The van der Waals surface area contributed by atoms with Crippen molar-refractivity contribution in [3.05, 3.63) is 69.6 Å². The molecule has 8 heteroatoms. The van der Waals surface area contributed by atoms with E-state index >= 15 is 0 Å². The Morgan fingerprint density at radius 3 is 2.44 bits per heavy atom. The quantitative estimate of drug-likeness (QED) is 0.472. The lowest BCUT2D eigenvalue weighted by Crippen LogP contribution is -2.27. The number of nitrogens with zero attached hydrogens (tertiary/aromatic N) is 1. The van der Waals surface area contributed by atoms with Crippen LogP contribution in [0.25, 0.3) is 6.08 Å². The predicted molar refractivity (Wildman–Crippen MR) is 98.5 cm³/mol. The van der Waals surface area contributed by atoms with Gasteiger partial charge in [0, 0.05) is 5.02 Å². The maximum Gasteiger partial charge on any atom is 0.416 e. The third-order valence-electron chi connectivity index (χ3n) is 3.39. The smallest absolute Gasteiger partial charge is 0.268 e. The molecule has 128 valence electrons. The van der Waals surface area contributed by atoms with Gasteiger partial charge in [-0.05, 0) is 42.0 Å². The van der Waals surface area contributed by atoms with Gasteiger partial charge in [0.05, 0.1) is 16.2 Å². The third-order valence-corrected chi connectivity index (χ3v) is 4.95. The summed E-state index contributed by atoms with van der Waals surface area (Å²) in [6.07, 6.45) is -2.86. The van der Waals surface area contributed by atoms with Gasteiger partial charge in [0.1, 0.15) is 0 Å². The Morgan fingerprint density at radius 2 is 1.80 bits per heavy atom. The Hall–Kier alpha value is -1.83. The molecular weight excluding hydrogens is 391 g/mol. The number of benzene rings is 2. The fourth-order valence-electron chi connectivity index (χ4n) is 2.22. The SMILES string of the molecule is O=C1/C(=C\c2ccc(Cl)cc2)SC(=S)N1c1cccc(C(F)(F)F)c1. The molecule has 0 radical (unpaired) electrons. The maximum absolute atomic E-state index is 12.9. The fraction of sp³-hybridized carbons (Fsp3) is 0.0588. The molecule has 0 aromatic heterocycles. The number of carbonyl (C=O) groups is 1. The second-order valence-electron chi connectivity index (χ2n) is 5.12. The Kier molecular flexibility index (Phi) is 4.90. The second kappa shape index (κ2) is 6.82. The van der Waals surface area contributed by atoms with Crippen molar-refractivity contribution in [1.82, 2.24) is 0 Å². The molecule has 0 spiro atoms. The average Bonchev–Trinajstić information content (AvgIpc) is 2.83. The zero-order valence-corrected chi connectivity index (χ0v) is 14.8. The molecule has 1 heterocycles. The lowest BCUT2D eigenvalue weighted by Gasteiger charge is -2.16. The summed E-state index contributed by atoms with van der Waals surface area (Å²) in [5.41, 5.74) is 0.00602. The topological polar surface area (TPSA) is 20.3 Å². The molecule has 1 aliphatic heterocycles. The van der Waals surface area contributed by atoms with Crippen LogP contribution in [0.5, 0.6) is 0 Å². The van der Waals surface area contributed by atoms with Crippen LogP contribution in [0.3, 0.4) is 0 Å². The molecule has 2 aromatic rings. The monoisotopic (exact) mass is 399 g/mol. The van der Waals surface area contributed by atoms with E-state index in [1.165, 1.54) is 12.1 Å². The second-order valence-corrected chi connectivity index (χ2v) is 7.23. The molecule has 0 bridgehead atoms. The predicted octanol–water partition coefficient (Wildman–Crippen LogP) is 5.76. The minimum atomic E-state index is -4.49. The minimum absolute atomic E-state index is 0.0943. The summed E-state index contributed by atoms with van der Waals surface area (Å²) in [6.45, 7) is 0. The van der Waals surface area contributed by atoms with E-state index in [-0.39, 0.29) is 10.0 Å². The third kappa shape index (κ3) is 3.89. The van der Waals surface area contributed by atoms with E-state index in [0.29, 0.717) is 9.93 Å². The number of halogens is 4. The van der Waals surface area contributed by atoms with Crippen LogP contribution in [-0.2, 0) is 11.0 Å². The van der Waals surface area contributed by atoms with Crippen molar-refractivity contribution in [3.63, 3.8) is 0 Å². The largest absolute Gasteiger partial charge is 0.416 e. The van der Waals surface area contributed by atoms with E-state index in [9.17, 15) is 18.0 Å². The van der Waals surface area contributed by atoms with E-state index in [4.69, 9.17) is 23.8 Å². The molecule has 1 saturated heterocycles. The van der Waals surface area contributed by atoms with Gasteiger partial charge in [-0.2, -0.15) is 13.2 Å². The normalized spacial score (nSPS) is 16.8. The van der Waals surface area contributed by atoms with E-state index in [1.54, 1.807) is 30.3 Å². The first kappa shape index (κ1) is 18.0. The van der Waals surface area contributed by atoms with Gasteiger partial charge in [-0.1, -0.05) is 53.8 Å². The Morgan fingerprint density at radius 1 is 1.12 bits per heavy atom. The van der Waals surface area contributed by atoms with Gasteiger partial charge in [-0.3, -0.25) is 9.69 Å². The summed E-state index contributed by atoms with van der Waals surface area (Å²) in [6, 6.07) is 11.4. The number of amides is 1. The van der Waals surface area contributed by atoms with Crippen molar-refractivity contribution >= 4 is 57.6 Å². The summed E-state index contributed by atoms with van der Waals surface area (Å²) in [5, 5.41) is 0.564. The van der Waals surface area contributed by atoms with E-state index in [2.05, 4.69) is 0 Å². The van der Waals surface area contributed by atoms with Crippen LogP contribution in [0.1, 0.15) is 11.1 Å². The fourth-order valence-corrected chi connectivity index (χ4v) is 3.65. The summed E-state index contributed by atoms with van der Waals surface area (Å²) in [4.78, 5) is 14.0. The van der Waals surface area contributed by atoms with Crippen LogP contribution in [0, 0.1) is 0 Å². The Balaban J connectivity index is 1.93. The zero-order valence-electron chi connectivity index (χ0n) is 12.4. The Labute approximate surface area is 156 Å². The first-order valence-corrected chi connectivity index (χ1v) is 8.57. The number of alkyl halides is 3. The van der Waals surface area contributed by atoms with Gasteiger partial charge >= 0.3 is 6.18 Å². The highest BCUT2D eigenvalue weighted by Crippen LogP contribution is 2.38. The van der Waals surface area contributed by atoms with Gasteiger partial charge in [-0.25, -0.2) is 0 Å². The van der Waals surface area contributed by atoms with Crippen LogP contribution < -0.4 is 4.90 Å². The lowest BCUT2D eigenvalue weighted by molar-refractivity contribution is -0.137. The first-order chi connectivity index (χ1) is 11.8. The molecule has 0 atom stereocenters. The average molecular weight is 400 g/mol. The molecule has 0 unspecified atom stereocenters. The molecule has 0 N–H and O–H groups in total. The number of rotatable bonds is 2. The minimum Gasteiger partial charge on any atom is -0.268 e. The highest BCUT2D eigenvalue weighted by molar-refractivity contribution is 8.27. The highest BCUT2D eigenvalue weighted by atomic mass is 35.5. The summed E-state index contributed by atoms with van der Waals surface area (Å²) < 4.78 is 38.8. The summed E-state index contributed by atoms with van der Waals surface area (Å²) in [5.74, 6) is -0.454. The van der Waals surface area contributed by atoms with Crippen molar-refractivity contribution in [1.29, 1.82) is 0 Å². The molecule has 3 rings (SSSR count). The van der Waals surface area contributed by atoms with Crippen molar-refractivity contribution < 1.29 is 18.0 Å². The highest BCUT2D eigenvalue weighted by Gasteiger charge is 2.36. The van der Waals surface area contributed by atoms with Gasteiger partial charge < -0.3 is 0 Å². The van der Waals surface area contributed by atoms with E-state index in [0.717, 1.165) is 34.4 Å². The zero-order chi connectivity index (χ0) is 18.2. The number of carbonyl (C=O) groups excluding carboxylic acids is 1. The van der Waals surface area contributed by atoms with Crippen molar-refractivity contribution in [2.24, 2.45) is 0 Å². The van der Waals surface area contributed by atoms with Crippen LogP contribution in [0.4, 0.5) is 18.9 Å². The number of thioether (sulfide) groups is 1. The molecule has 2 nitrogen and oxygen atoms in total. The Bertz CT molecular complexity index is 878. The van der Waals surface area contributed by atoms with Gasteiger partial charge in [-0.15, -0.1) is 0 Å². The van der Waals surface area contributed by atoms with Gasteiger partial charge in [0.2, 0.25) is 0 Å². The summed E-state index contributed by atoms with van der Waals surface area (Å²) in [7, 11) is 0. The molecule has 25 heavy (non-hydrogen) atoms. The van der Waals surface area contributed by atoms with Crippen LogP contribution in [0.15, 0.2) is 53.4 Å². The number of hydrogen-bond donors (Lipinski definition) is 0. The maximum atomic E-state index is 12.9. The van der Waals surface area contributed by atoms with Crippen molar-refractivity contribution in [2.45, 2.75) is 6.18 Å². The molecule has 0 aliphatic carbocycles. The van der Waals surface area contributed by atoms with E-state index < -0.39 is 17.6 Å². The van der Waals surface area contributed by atoms with Crippen LogP contribution >= 0.6 is 35.6 Å². The standard InChI is InChI=1S/C17H9ClF3NOS2/c18-12-6-4-10(5-7-12)8-14-15(23)22(16(24)25-14)13-3-1-2-11(9-13)17(19,20)21/h1-9H/b14-8+. The molecule has 1 aliphatic rings. The van der Waals surface area contributed by atoms with Crippen molar-refractivity contribution in [3.8, 4) is 0 Å². The summed E-state index contributed by atoms with van der Waals surface area (Å²) >= 11 is 12.0. The number of hydrogen-bond acceptors (Lipinski definition) is 3. The van der Waals surface area contributed by atoms with Crippen LogP contribution in [0.2, 0.25) is 5.02 Å². The number of anilines is 1. The van der Waals surface area contributed by atoms with Crippen molar-refractivity contribution in [2.75, 3.05) is 4.90 Å². The molecular formula is C17H9ClF3NOS2. The van der Waals surface area contributed by atoms with Gasteiger partial charge in [0.25, 0.3) is 5.91 Å². The number of thiocarbonyl (C=S) groups is 1. The first-order valence-electron chi connectivity index (χ1n) is 6.96. The molecule has 0 saturated carbocycles. The van der Waals surface area contributed by atoms with Gasteiger partial charge in [0.15, 0.2) is 4.32 Å². The van der Waals surface area contributed by atoms with E-state index in [1.807, 2.05) is 0 Å². The lowest BCUT2D eigenvalue weighted by atomic mass is 10.1. The molecule has 2 aromatic carbocycles. The molecule has 1 amide bonds. The van der Waals surface area contributed by atoms with Crippen LogP contribution in [-0.4, -0.2) is 10.2 Å².